The fraction of sp³-hybridized carbons (Fsp3) is 0.481. The van der Waals surface area contributed by atoms with E-state index >= 15 is 0 Å². The molecule has 2 aromatic carbocycles. The molecule has 2 N–H and O–H groups in total. The Kier molecular flexibility index (Phi) is 8.80. The minimum Gasteiger partial charge on any atom is -0.487 e. The number of hydrogen-bond donors (Lipinski definition) is 2. The number of halogens is 1. The molecule has 196 valence electrons. The molecule has 3 rings (SSSR count). The van der Waals surface area contributed by atoms with Crippen LogP contribution in [0.5, 0.6) is 5.75 Å². The minimum absolute atomic E-state index is 0.00898. The van der Waals surface area contributed by atoms with E-state index in [2.05, 4.69) is 11.8 Å². The Labute approximate surface area is 213 Å². The number of aliphatic hydroxyl groups is 2. The quantitative estimate of drug-likeness (QED) is 0.572. The highest BCUT2D eigenvalue weighted by Crippen LogP contribution is 2.34. The maximum atomic E-state index is 13.6. The molecule has 0 bridgehead atoms. The lowest BCUT2D eigenvalue weighted by molar-refractivity contribution is 0.0733. The summed E-state index contributed by atoms with van der Waals surface area (Å²) in [5, 5.41) is 19.7. The number of likely N-dealkylation sites (N-methyl/N-ethyl adjacent to an activating group) is 1. The van der Waals surface area contributed by atoms with Gasteiger partial charge in [0, 0.05) is 37.2 Å². The number of ether oxygens (including phenoxy) is 1. The van der Waals surface area contributed by atoms with Gasteiger partial charge < -0.3 is 14.9 Å². The maximum Gasteiger partial charge on any atom is 0.247 e. The van der Waals surface area contributed by atoms with Crippen LogP contribution in [0.4, 0.5) is 4.39 Å². The molecule has 0 saturated carbocycles. The predicted molar refractivity (Wildman–Crippen MR) is 136 cm³/mol. The smallest absolute Gasteiger partial charge is 0.247 e. The topological polar surface area (TPSA) is 90.3 Å². The van der Waals surface area contributed by atoms with Gasteiger partial charge in [0.25, 0.3) is 0 Å². The Bertz CT molecular complexity index is 1220. The Morgan fingerprint density at radius 1 is 1.25 bits per heavy atom. The molecule has 3 atom stereocenters. The van der Waals surface area contributed by atoms with Crippen molar-refractivity contribution in [3.8, 4) is 17.6 Å². The van der Waals surface area contributed by atoms with E-state index in [-0.39, 0.29) is 41.6 Å². The highest BCUT2D eigenvalue weighted by Gasteiger charge is 2.38. The molecule has 2 aromatic rings. The first-order valence-corrected chi connectivity index (χ1v) is 13.4. The number of aliphatic hydroxyl groups excluding tert-OH is 1. The van der Waals surface area contributed by atoms with E-state index in [4.69, 9.17) is 4.74 Å². The van der Waals surface area contributed by atoms with Crippen molar-refractivity contribution in [2.24, 2.45) is 5.92 Å². The van der Waals surface area contributed by atoms with Gasteiger partial charge >= 0.3 is 0 Å². The van der Waals surface area contributed by atoms with Gasteiger partial charge in [-0.2, -0.15) is 4.31 Å². The van der Waals surface area contributed by atoms with Crippen LogP contribution in [0.25, 0.3) is 0 Å². The van der Waals surface area contributed by atoms with Crippen LogP contribution in [-0.4, -0.2) is 72.3 Å². The molecule has 9 heteroatoms. The third-order valence-electron chi connectivity index (χ3n) is 6.04. The fourth-order valence-corrected chi connectivity index (χ4v) is 5.85. The van der Waals surface area contributed by atoms with Gasteiger partial charge in [0.05, 0.1) is 6.61 Å². The molecule has 0 aromatic heterocycles. The SMILES string of the molecule is C[C@@H]1CN([C@@H](C)CO)S(=O)(=O)c2ccc(C#CC(C)(C)O)cc2O[C@@H]1CN(C)Cc1ccc(F)cc1. The van der Waals surface area contributed by atoms with Gasteiger partial charge in [0.2, 0.25) is 10.0 Å². The Morgan fingerprint density at radius 3 is 2.53 bits per heavy atom. The van der Waals surface area contributed by atoms with Crippen LogP contribution >= 0.6 is 0 Å². The zero-order valence-corrected chi connectivity index (χ0v) is 22.2. The highest BCUT2D eigenvalue weighted by atomic mass is 32.2. The monoisotopic (exact) mass is 518 g/mol. The molecule has 36 heavy (non-hydrogen) atoms. The van der Waals surface area contributed by atoms with Crippen molar-refractivity contribution in [1.82, 2.24) is 9.21 Å². The van der Waals surface area contributed by atoms with Gasteiger partial charge in [-0.15, -0.1) is 0 Å². The van der Waals surface area contributed by atoms with Crippen molar-refractivity contribution in [2.75, 3.05) is 26.7 Å². The van der Waals surface area contributed by atoms with E-state index in [1.54, 1.807) is 45.0 Å². The molecule has 0 spiro atoms. The Hall–Kier alpha value is -2.48. The first-order valence-electron chi connectivity index (χ1n) is 11.9. The third kappa shape index (κ3) is 7.05. The summed E-state index contributed by atoms with van der Waals surface area (Å²) in [6.45, 7) is 7.64. The predicted octanol–water partition coefficient (Wildman–Crippen LogP) is 2.85. The summed E-state index contributed by atoms with van der Waals surface area (Å²) in [6, 6.07) is 10.3. The molecule has 1 aliphatic heterocycles. The molecular formula is C27H35FN2O5S. The van der Waals surface area contributed by atoms with Crippen molar-refractivity contribution >= 4 is 10.0 Å². The summed E-state index contributed by atoms with van der Waals surface area (Å²) >= 11 is 0. The molecule has 0 saturated heterocycles. The molecule has 0 radical (unpaired) electrons. The minimum atomic E-state index is -3.95. The van der Waals surface area contributed by atoms with E-state index < -0.39 is 21.7 Å². The lowest BCUT2D eigenvalue weighted by Crippen LogP contribution is -2.49. The zero-order valence-electron chi connectivity index (χ0n) is 21.4. The normalized spacial score (nSPS) is 20.9. The Balaban J connectivity index is 1.99. The van der Waals surface area contributed by atoms with Crippen LogP contribution in [-0.2, 0) is 16.6 Å². The van der Waals surface area contributed by atoms with E-state index in [1.807, 2.05) is 18.9 Å². The third-order valence-corrected chi connectivity index (χ3v) is 8.06. The van der Waals surface area contributed by atoms with Gasteiger partial charge in [-0.25, -0.2) is 12.8 Å². The van der Waals surface area contributed by atoms with E-state index in [9.17, 15) is 23.0 Å². The number of rotatable bonds is 6. The van der Waals surface area contributed by atoms with E-state index in [0.717, 1.165) is 5.56 Å². The van der Waals surface area contributed by atoms with Crippen molar-refractivity contribution < 1.29 is 27.8 Å². The van der Waals surface area contributed by atoms with Gasteiger partial charge in [0.1, 0.15) is 28.2 Å². The summed E-state index contributed by atoms with van der Waals surface area (Å²) in [6.07, 6.45) is -0.379. The second kappa shape index (κ2) is 11.3. The van der Waals surface area contributed by atoms with E-state index in [0.29, 0.717) is 18.7 Å². The standard InChI is InChI=1S/C27H35FN2O5S/c1-19-15-30(20(2)18-31)36(33,34)26-11-8-21(12-13-27(3,4)32)14-24(26)35-25(19)17-29(5)16-22-6-9-23(28)10-7-22/h6-11,14,19-20,25,31-32H,15-18H2,1-5H3/t19-,20+,25-/m1/s1. The fourth-order valence-electron chi connectivity index (χ4n) is 4.02. The van der Waals surface area contributed by atoms with Crippen molar-refractivity contribution in [3.63, 3.8) is 0 Å². The molecule has 1 heterocycles. The first-order chi connectivity index (χ1) is 16.8. The van der Waals surface area contributed by atoms with Crippen molar-refractivity contribution in [3.05, 3.63) is 59.4 Å². The largest absolute Gasteiger partial charge is 0.487 e. The number of benzene rings is 2. The Morgan fingerprint density at radius 2 is 1.92 bits per heavy atom. The molecule has 7 nitrogen and oxygen atoms in total. The van der Waals surface area contributed by atoms with Gasteiger partial charge in [-0.1, -0.05) is 30.9 Å². The lowest BCUT2D eigenvalue weighted by atomic mass is 10.0. The summed E-state index contributed by atoms with van der Waals surface area (Å²) in [4.78, 5) is 2.05. The second-order valence-electron chi connectivity index (χ2n) is 10.0. The molecule has 0 unspecified atom stereocenters. The second-order valence-corrected chi connectivity index (χ2v) is 11.9. The number of hydrogen-bond acceptors (Lipinski definition) is 6. The first kappa shape index (κ1) is 28.1. The summed E-state index contributed by atoms with van der Waals surface area (Å²) in [7, 11) is -2.02. The van der Waals surface area contributed by atoms with Gasteiger partial charge in [-0.3, -0.25) is 4.90 Å². The molecule has 1 aliphatic rings. The molecule has 0 aliphatic carbocycles. The van der Waals surface area contributed by atoms with Crippen LogP contribution < -0.4 is 4.74 Å². The zero-order chi connectivity index (χ0) is 26.7. The molecule has 0 amide bonds. The van der Waals surface area contributed by atoms with Gasteiger partial charge in [-0.05, 0) is 63.7 Å². The average Bonchev–Trinajstić information content (AvgIpc) is 2.80. The van der Waals surface area contributed by atoms with Crippen LogP contribution in [0.3, 0.4) is 0 Å². The van der Waals surface area contributed by atoms with Crippen LogP contribution in [0.2, 0.25) is 0 Å². The molecule has 0 fully saturated rings. The average molecular weight is 519 g/mol. The van der Waals surface area contributed by atoms with Crippen molar-refractivity contribution in [1.29, 1.82) is 0 Å². The molecular weight excluding hydrogens is 483 g/mol. The van der Waals surface area contributed by atoms with E-state index in [1.165, 1.54) is 22.5 Å². The maximum absolute atomic E-state index is 13.6. The highest BCUT2D eigenvalue weighted by molar-refractivity contribution is 7.89. The lowest BCUT2D eigenvalue weighted by Gasteiger charge is -2.37. The van der Waals surface area contributed by atoms with Crippen LogP contribution in [0.1, 0.15) is 38.8 Å². The summed E-state index contributed by atoms with van der Waals surface area (Å²) in [5.74, 6) is 5.29. The summed E-state index contributed by atoms with van der Waals surface area (Å²) < 4.78 is 48.1. The number of fused-ring (bicyclic) bond motifs is 1. The number of nitrogens with zero attached hydrogens (tertiary/aromatic N) is 2. The van der Waals surface area contributed by atoms with Crippen LogP contribution in [0, 0.1) is 23.6 Å². The van der Waals surface area contributed by atoms with Crippen LogP contribution in [0.15, 0.2) is 47.4 Å². The number of sulfonamides is 1. The van der Waals surface area contributed by atoms with Gasteiger partial charge in [0.15, 0.2) is 0 Å². The summed E-state index contributed by atoms with van der Waals surface area (Å²) in [5.41, 5.74) is 0.254. The van der Waals surface area contributed by atoms with Crippen molar-refractivity contribution in [2.45, 2.75) is 56.9 Å².